The second kappa shape index (κ2) is 8.52. The van der Waals surface area contributed by atoms with Crippen LogP contribution in [0.3, 0.4) is 0 Å². The number of carbonyl (C=O) groups excluding carboxylic acids is 1. The molecule has 1 atom stereocenters. The second-order valence-electron chi connectivity index (χ2n) is 7.21. The molecule has 1 unspecified atom stereocenters. The SMILES string of the molecule is Cc1ccc(C2(C(=O)NCC(C(=O)O)c3ccc(F)cc3)CCOCC2)cc1. The highest BCUT2D eigenvalue weighted by molar-refractivity contribution is 5.89. The predicted molar refractivity (Wildman–Crippen MR) is 103 cm³/mol. The first-order chi connectivity index (χ1) is 13.4. The van der Waals surface area contributed by atoms with Gasteiger partial charge in [-0.1, -0.05) is 42.0 Å². The molecule has 0 saturated carbocycles. The second-order valence-corrected chi connectivity index (χ2v) is 7.21. The Morgan fingerprint density at radius 2 is 1.71 bits per heavy atom. The lowest BCUT2D eigenvalue weighted by Crippen LogP contribution is -2.49. The molecule has 2 aromatic carbocycles. The number of benzene rings is 2. The maximum atomic E-state index is 13.2. The monoisotopic (exact) mass is 385 g/mol. The molecule has 28 heavy (non-hydrogen) atoms. The first-order valence-electron chi connectivity index (χ1n) is 9.34. The Labute approximate surface area is 163 Å². The molecule has 1 fully saturated rings. The third-order valence-electron chi connectivity index (χ3n) is 5.42. The van der Waals surface area contributed by atoms with Crippen LogP contribution in [0.5, 0.6) is 0 Å². The number of ether oxygens (including phenoxy) is 1. The maximum absolute atomic E-state index is 13.2. The van der Waals surface area contributed by atoms with E-state index in [0.29, 0.717) is 31.6 Å². The molecule has 2 aromatic rings. The minimum Gasteiger partial charge on any atom is -0.481 e. The van der Waals surface area contributed by atoms with Crippen molar-refractivity contribution in [3.8, 4) is 0 Å². The molecule has 3 rings (SSSR count). The Balaban J connectivity index is 1.80. The zero-order valence-electron chi connectivity index (χ0n) is 15.8. The topological polar surface area (TPSA) is 75.6 Å². The number of hydrogen-bond donors (Lipinski definition) is 2. The van der Waals surface area contributed by atoms with Gasteiger partial charge in [-0.25, -0.2) is 4.39 Å². The number of amides is 1. The number of aryl methyl sites for hydroxylation is 1. The quantitative estimate of drug-likeness (QED) is 0.801. The minimum atomic E-state index is -1.07. The van der Waals surface area contributed by atoms with Gasteiger partial charge in [0, 0.05) is 19.8 Å². The largest absolute Gasteiger partial charge is 0.481 e. The van der Waals surface area contributed by atoms with E-state index in [9.17, 15) is 19.1 Å². The minimum absolute atomic E-state index is 0.0612. The van der Waals surface area contributed by atoms with Crippen LogP contribution in [0.25, 0.3) is 0 Å². The number of hydrogen-bond acceptors (Lipinski definition) is 3. The molecule has 0 aromatic heterocycles. The van der Waals surface area contributed by atoms with Crippen molar-refractivity contribution in [1.82, 2.24) is 5.32 Å². The Kier molecular flexibility index (Phi) is 6.09. The van der Waals surface area contributed by atoms with Gasteiger partial charge in [0.1, 0.15) is 5.82 Å². The van der Waals surface area contributed by atoms with Gasteiger partial charge in [-0.3, -0.25) is 9.59 Å². The Bertz CT molecular complexity index is 827. The zero-order valence-corrected chi connectivity index (χ0v) is 15.8. The van der Waals surface area contributed by atoms with E-state index in [-0.39, 0.29) is 12.5 Å². The van der Waals surface area contributed by atoms with Crippen LogP contribution in [0.15, 0.2) is 48.5 Å². The average Bonchev–Trinajstić information content (AvgIpc) is 2.70. The molecule has 0 radical (unpaired) electrons. The van der Waals surface area contributed by atoms with Gasteiger partial charge < -0.3 is 15.2 Å². The van der Waals surface area contributed by atoms with E-state index in [0.717, 1.165) is 11.1 Å². The average molecular weight is 385 g/mol. The maximum Gasteiger partial charge on any atom is 0.312 e. The summed E-state index contributed by atoms with van der Waals surface area (Å²) in [6.45, 7) is 2.87. The van der Waals surface area contributed by atoms with Crippen LogP contribution in [-0.2, 0) is 19.7 Å². The molecule has 1 amide bonds. The summed E-state index contributed by atoms with van der Waals surface area (Å²) in [5.41, 5.74) is 1.73. The Morgan fingerprint density at radius 1 is 1.11 bits per heavy atom. The summed E-state index contributed by atoms with van der Waals surface area (Å²) in [5, 5.41) is 12.4. The fourth-order valence-corrected chi connectivity index (χ4v) is 3.65. The van der Waals surface area contributed by atoms with Crippen molar-refractivity contribution in [2.45, 2.75) is 31.1 Å². The van der Waals surface area contributed by atoms with E-state index in [2.05, 4.69) is 5.32 Å². The molecule has 1 saturated heterocycles. The van der Waals surface area contributed by atoms with Crippen LogP contribution in [0.1, 0.15) is 35.4 Å². The number of carboxylic acid groups (broad SMARTS) is 1. The van der Waals surface area contributed by atoms with E-state index in [1.54, 1.807) is 0 Å². The number of rotatable bonds is 6. The van der Waals surface area contributed by atoms with Gasteiger partial charge in [-0.2, -0.15) is 0 Å². The van der Waals surface area contributed by atoms with Crippen LogP contribution in [0.4, 0.5) is 4.39 Å². The third kappa shape index (κ3) is 4.22. The number of aliphatic carboxylic acids is 1. The lowest BCUT2D eigenvalue weighted by atomic mass is 9.73. The van der Waals surface area contributed by atoms with E-state index in [1.165, 1.54) is 24.3 Å². The Morgan fingerprint density at radius 3 is 2.29 bits per heavy atom. The lowest BCUT2D eigenvalue weighted by Gasteiger charge is -2.36. The number of nitrogens with one attached hydrogen (secondary N) is 1. The van der Waals surface area contributed by atoms with Gasteiger partial charge >= 0.3 is 5.97 Å². The highest BCUT2D eigenvalue weighted by Crippen LogP contribution is 2.35. The summed E-state index contributed by atoms with van der Waals surface area (Å²) in [6.07, 6.45) is 1.08. The Hall–Kier alpha value is -2.73. The van der Waals surface area contributed by atoms with Crippen molar-refractivity contribution in [3.63, 3.8) is 0 Å². The van der Waals surface area contributed by atoms with Crippen LogP contribution < -0.4 is 5.32 Å². The molecule has 6 heteroatoms. The molecular formula is C22H24FNO4. The van der Waals surface area contributed by atoms with Crippen molar-refractivity contribution in [2.75, 3.05) is 19.8 Å². The van der Waals surface area contributed by atoms with Gasteiger partial charge in [0.2, 0.25) is 5.91 Å². The molecule has 0 aliphatic carbocycles. The predicted octanol–water partition coefficient (Wildman–Crippen LogP) is 3.17. The van der Waals surface area contributed by atoms with Crippen LogP contribution in [0, 0.1) is 12.7 Å². The molecule has 1 aliphatic rings. The summed E-state index contributed by atoms with van der Waals surface area (Å²) in [6, 6.07) is 13.2. The molecule has 0 bridgehead atoms. The van der Waals surface area contributed by atoms with Crippen LogP contribution in [-0.4, -0.2) is 36.7 Å². The van der Waals surface area contributed by atoms with Crippen molar-refractivity contribution in [3.05, 3.63) is 71.0 Å². The van der Waals surface area contributed by atoms with Gasteiger partial charge in [0.05, 0.1) is 11.3 Å². The highest BCUT2D eigenvalue weighted by Gasteiger charge is 2.42. The van der Waals surface area contributed by atoms with E-state index in [4.69, 9.17) is 4.74 Å². The summed E-state index contributed by atoms with van der Waals surface area (Å²) >= 11 is 0. The van der Waals surface area contributed by atoms with Gasteiger partial charge in [0.15, 0.2) is 0 Å². The first-order valence-corrected chi connectivity index (χ1v) is 9.34. The fourth-order valence-electron chi connectivity index (χ4n) is 3.65. The molecule has 0 spiro atoms. The summed E-state index contributed by atoms with van der Waals surface area (Å²) in [7, 11) is 0. The number of carbonyl (C=O) groups is 2. The van der Waals surface area contributed by atoms with Gasteiger partial charge in [-0.15, -0.1) is 0 Å². The van der Waals surface area contributed by atoms with E-state index >= 15 is 0 Å². The van der Waals surface area contributed by atoms with Crippen molar-refractivity contribution in [2.24, 2.45) is 0 Å². The smallest absolute Gasteiger partial charge is 0.312 e. The number of halogens is 1. The molecule has 1 aliphatic heterocycles. The normalized spacial score (nSPS) is 16.9. The van der Waals surface area contributed by atoms with Crippen molar-refractivity contribution in [1.29, 1.82) is 0 Å². The standard InChI is InChI=1S/C22H24FNO4/c1-15-2-6-17(7-3-15)22(10-12-28-13-11-22)21(27)24-14-19(20(25)26)16-4-8-18(23)9-5-16/h2-9,19H,10-14H2,1H3,(H,24,27)(H,25,26). The number of carboxylic acids is 1. The zero-order chi connectivity index (χ0) is 20.1. The molecular weight excluding hydrogens is 361 g/mol. The van der Waals surface area contributed by atoms with Gasteiger partial charge in [-0.05, 0) is 43.0 Å². The fraction of sp³-hybridized carbons (Fsp3) is 0.364. The molecule has 2 N–H and O–H groups in total. The summed E-state index contributed by atoms with van der Waals surface area (Å²) < 4.78 is 18.6. The van der Waals surface area contributed by atoms with Gasteiger partial charge in [0.25, 0.3) is 0 Å². The summed E-state index contributed by atoms with van der Waals surface area (Å²) in [5.74, 6) is -2.65. The van der Waals surface area contributed by atoms with Crippen molar-refractivity contribution >= 4 is 11.9 Å². The van der Waals surface area contributed by atoms with E-state index < -0.39 is 23.1 Å². The molecule has 5 nitrogen and oxygen atoms in total. The van der Waals surface area contributed by atoms with Crippen molar-refractivity contribution < 1.29 is 23.8 Å². The highest BCUT2D eigenvalue weighted by atomic mass is 19.1. The molecule has 148 valence electrons. The van der Waals surface area contributed by atoms with Crippen LogP contribution >= 0.6 is 0 Å². The van der Waals surface area contributed by atoms with Crippen LogP contribution in [0.2, 0.25) is 0 Å². The first kappa shape index (κ1) is 20.0. The summed E-state index contributed by atoms with van der Waals surface area (Å²) in [4.78, 5) is 24.9. The lowest BCUT2D eigenvalue weighted by molar-refractivity contribution is -0.139. The molecule has 1 heterocycles. The van der Waals surface area contributed by atoms with E-state index in [1.807, 2.05) is 31.2 Å². The third-order valence-corrected chi connectivity index (χ3v) is 5.42.